The zero-order valence-electron chi connectivity index (χ0n) is 28.8. The second kappa shape index (κ2) is 13.2. The van der Waals surface area contributed by atoms with E-state index in [0.29, 0.717) is 31.0 Å². The molecule has 0 spiro atoms. The minimum Gasteiger partial charge on any atom is -0.461 e. The summed E-state index contributed by atoms with van der Waals surface area (Å²) in [5.74, 6) is -1.16. The SMILES string of the molecule is CC(C)(C)OC(=O)N1C2CCC1CN(c1nc(OCC34CCCN3CCC4)nc3c(F)c(-c4c(OC(F)(F)F)ccc5c4cnn5PI)ncc13)C2. The number of pyridine rings is 1. The van der Waals surface area contributed by atoms with Crippen molar-refractivity contribution < 1.29 is 36.6 Å². The monoisotopic (exact) mass is 856 g/mol. The third-order valence-electron chi connectivity index (χ3n) is 10.6. The Kier molecular flexibility index (Phi) is 9.08. The van der Waals surface area contributed by atoms with Crippen molar-refractivity contribution in [1.82, 2.24) is 34.3 Å². The largest absolute Gasteiger partial charge is 0.573 e. The van der Waals surface area contributed by atoms with Crippen molar-refractivity contribution >= 4 is 62.1 Å². The number of carbonyl (C=O) groups is 1. The lowest BCUT2D eigenvalue weighted by atomic mass is 9.95. The first-order chi connectivity index (χ1) is 24.7. The highest BCUT2D eigenvalue weighted by Gasteiger charge is 2.47. The highest BCUT2D eigenvalue weighted by molar-refractivity contribution is 14.2. The lowest BCUT2D eigenvalue weighted by Gasteiger charge is -2.42. The van der Waals surface area contributed by atoms with Crippen LogP contribution in [0.1, 0.15) is 59.3 Å². The molecular weight excluding hydrogens is 818 g/mol. The molecule has 1 amide bonds. The highest BCUT2D eigenvalue weighted by atomic mass is 127. The first-order valence-electron chi connectivity index (χ1n) is 17.4. The molecule has 4 aliphatic rings. The summed E-state index contributed by atoms with van der Waals surface area (Å²) in [4.78, 5) is 33.3. The van der Waals surface area contributed by atoms with Gasteiger partial charge in [-0.15, -0.1) is 13.2 Å². The lowest BCUT2D eigenvalue weighted by molar-refractivity contribution is -0.274. The van der Waals surface area contributed by atoms with Crippen LogP contribution in [0.4, 0.5) is 28.2 Å². The van der Waals surface area contributed by atoms with Crippen LogP contribution in [-0.4, -0.2) is 103 Å². The van der Waals surface area contributed by atoms with E-state index < -0.39 is 23.5 Å². The number of hydrogen-bond donors (Lipinski definition) is 0. The quantitative estimate of drug-likeness (QED) is 0.106. The van der Waals surface area contributed by atoms with E-state index in [9.17, 15) is 18.0 Å². The summed E-state index contributed by atoms with van der Waals surface area (Å²) in [5, 5.41) is 4.83. The van der Waals surface area contributed by atoms with Gasteiger partial charge in [-0.25, -0.2) is 13.6 Å². The Hall–Kier alpha value is -3.31. The molecule has 1 aromatic carbocycles. The molecule has 8 rings (SSSR count). The number of halogens is 5. The molecule has 3 atom stereocenters. The molecule has 4 aromatic rings. The average molecular weight is 857 g/mol. The van der Waals surface area contributed by atoms with E-state index in [1.807, 2.05) is 25.7 Å². The number of piperazine rings is 1. The topological polar surface area (TPSA) is 111 Å². The molecule has 0 radical (unpaired) electrons. The molecule has 2 bridgehead atoms. The summed E-state index contributed by atoms with van der Waals surface area (Å²) in [6, 6.07) is 2.25. The fourth-order valence-corrected chi connectivity index (χ4v) is 9.99. The predicted octanol–water partition coefficient (Wildman–Crippen LogP) is 7.47. The number of benzene rings is 1. The van der Waals surface area contributed by atoms with Gasteiger partial charge in [0.2, 0.25) is 0 Å². The Balaban J connectivity index is 1.23. The summed E-state index contributed by atoms with van der Waals surface area (Å²) in [6.07, 6.45) is 3.11. The van der Waals surface area contributed by atoms with Crippen LogP contribution in [0.15, 0.2) is 24.5 Å². The van der Waals surface area contributed by atoms with Crippen LogP contribution in [0.2, 0.25) is 0 Å². The van der Waals surface area contributed by atoms with E-state index in [0.717, 1.165) is 57.7 Å². The Morgan fingerprint density at radius 1 is 1.04 bits per heavy atom. The van der Waals surface area contributed by atoms with Gasteiger partial charge in [0.05, 0.1) is 46.7 Å². The Bertz CT molecular complexity index is 2020. The van der Waals surface area contributed by atoms with Gasteiger partial charge < -0.3 is 19.1 Å². The highest BCUT2D eigenvalue weighted by Crippen LogP contribution is 2.44. The fourth-order valence-electron chi connectivity index (χ4n) is 8.45. The standard InChI is InChI=1S/C34H38F4IN8O4P/c1-32(2,3)51-31(48)46-19-6-7-20(46)17-44(16-19)29-22-14-40-28(25-21-15-41-47(52-39)23(21)8-9-24(25)50-34(36,37)38)26(35)27(22)42-30(43-29)49-18-33-10-4-12-45(33)13-5-11-33/h8-9,14-15,19-20,52H,4-7,10-13,16-18H2,1-3H3. The van der Waals surface area contributed by atoms with E-state index in [2.05, 4.69) is 46.7 Å². The molecule has 3 unspecified atom stereocenters. The zero-order valence-corrected chi connectivity index (χ0v) is 32.0. The first kappa shape index (κ1) is 35.7. The molecule has 12 nitrogen and oxygen atoms in total. The van der Waals surface area contributed by atoms with Crippen molar-refractivity contribution in [2.24, 2.45) is 0 Å². The van der Waals surface area contributed by atoms with E-state index in [1.165, 1.54) is 18.5 Å². The van der Waals surface area contributed by atoms with Gasteiger partial charge in [-0.05, 0) is 107 Å². The minimum absolute atomic E-state index is 0.0301. The van der Waals surface area contributed by atoms with Gasteiger partial charge >= 0.3 is 18.5 Å². The number of rotatable bonds is 7. The van der Waals surface area contributed by atoms with E-state index in [1.54, 1.807) is 9.35 Å². The van der Waals surface area contributed by atoms with Gasteiger partial charge in [0.25, 0.3) is 0 Å². The summed E-state index contributed by atoms with van der Waals surface area (Å²) >= 11 is 2.11. The number of carbonyl (C=O) groups excluding carboxylic acids is 1. The normalized spacial score (nSPS) is 21.9. The van der Waals surface area contributed by atoms with Gasteiger partial charge in [0, 0.05) is 24.7 Å². The predicted molar refractivity (Wildman–Crippen MR) is 196 cm³/mol. The molecule has 4 fully saturated rings. The number of fused-ring (bicyclic) bond motifs is 5. The maximum atomic E-state index is 17.1. The number of alkyl halides is 3. The van der Waals surface area contributed by atoms with E-state index in [-0.39, 0.29) is 63.6 Å². The summed E-state index contributed by atoms with van der Waals surface area (Å²) in [6.45, 7) is 8.61. The molecule has 18 heteroatoms. The Morgan fingerprint density at radius 3 is 2.40 bits per heavy atom. The number of anilines is 1. The molecule has 4 aliphatic heterocycles. The average Bonchev–Trinajstić information content (AvgIpc) is 3.84. The Labute approximate surface area is 311 Å². The number of amides is 1. The molecule has 7 heterocycles. The zero-order chi connectivity index (χ0) is 36.6. The van der Waals surface area contributed by atoms with Crippen LogP contribution in [-0.2, 0) is 4.74 Å². The van der Waals surface area contributed by atoms with Crippen LogP contribution in [0.25, 0.3) is 33.1 Å². The third kappa shape index (κ3) is 6.48. The van der Waals surface area contributed by atoms with Gasteiger partial charge in [-0.3, -0.25) is 14.8 Å². The van der Waals surface area contributed by atoms with Gasteiger partial charge in [-0.2, -0.15) is 15.1 Å². The Morgan fingerprint density at radius 2 is 1.75 bits per heavy atom. The fraction of sp³-hybridized carbons (Fsp3) is 0.559. The number of hydrogen-bond acceptors (Lipinski definition) is 10. The minimum atomic E-state index is -5.04. The molecule has 4 saturated heterocycles. The molecular formula is C34H38F4IN8O4P. The molecule has 0 aliphatic carbocycles. The molecule has 0 saturated carbocycles. The summed E-state index contributed by atoms with van der Waals surface area (Å²) in [7, 11) is 0. The van der Waals surface area contributed by atoms with Crippen LogP contribution in [0, 0.1) is 5.82 Å². The second-order valence-corrected chi connectivity index (χ2v) is 17.0. The molecule has 0 N–H and O–H groups in total. The molecule has 278 valence electrons. The third-order valence-corrected chi connectivity index (χ3v) is 12.5. The van der Waals surface area contributed by atoms with Crippen molar-refractivity contribution in [3.8, 4) is 23.0 Å². The van der Waals surface area contributed by atoms with Crippen LogP contribution in [0.5, 0.6) is 11.8 Å². The maximum Gasteiger partial charge on any atom is 0.573 e. The van der Waals surface area contributed by atoms with Crippen LogP contribution < -0.4 is 14.4 Å². The summed E-state index contributed by atoms with van der Waals surface area (Å²) in [5.41, 5.74) is -0.985. The molecule has 52 heavy (non-hydrogen) atoms. The van der Waals surface area contributed by atoms with Crippen molar-refractivity contribution in [1.29, 1.82) is 0 Å². The smallest absolute Gasteiger partial charge is 0.461 e. The second-order valence-electron chi connectivity index (χ2n) is 15.0. The summed E-state index contributed by atoms with van der Waals surface area (Å²) < 4.78 is 76.2. The van der Waals surface area contributed by atoms with Crippen molar-refractivity contribution in [2.75, 3.05) is 37.7 Å². The van der Waals surface area contributed by atoms with Gasteiger partial charge in [0.15, 0.2) is 5.82 Å². The van der Waals surface area contributed by atoms with Gasteiger partial charge in [0.1, 0.15) is 35.0 Å². The first-order valence-corrected chi connectivity index (χ1v) is 21.4. The van der Waals surface area contributed by atoms with Crippen molar-refractivity contribution in [2.45, 2.75) is 88.9 Å². The van der Waals surface area contributed by atoms with Gasteiger partial charge in [-0.1, -0.05) is 0 Å². The van der Waals surface area contributed by atoms with E-state index >= 15 is 4.39 Å². The number of ether oxygens (including phenoxy) is 3. The van der Waals surface area contributed by atoms with Crippen molar-refractivity contribution in [3.63, 3.8) is 0 Å². The number of nitrogens with zero attached hydrogens (tertiary/aromatic N) is 8. The van der Waals surface area contributed by atoms with Crippen LogP contribution in [0.3, 0.4) is 0 Å². The molecule has 3 aromatic heterocycles. The van der Waals surface area contributed by atoms with E-state index in [4.69, 9.17) is 14.5 Å². The lowest BCUT2D eigenvalue weighted by Crippen LogP contribution is -2.57. The maximum absolute atomic E-state index is 17.1. The number of aromatic nitrogens is 5. The van der Waals surface area contributed by atoms with Crippen LogP contribution >= 0.6 is 28.4 Å². The van der Waals surface area contributed by atoms with Crippen molar-refractivity contribution in [3.05, 3.63) is 30.3 Å².